The first-order valence-corrected chi connectivity index (χ1v) is 6.91. The Labute approximate surface area is 106 Å². The normalized spacial score (nSPS) is 25.6. The van der Waals surface area contributed by atoms with E-state index in [9.17, 15) is 9.90 Å². The largest absolute Gasteiger partial charge is 0.481 e. The first kappa shape index (κ1) is 12.6. The number of thiophene rings is 1. The summed E-state index contributed by atoms with van der Waals surface area (Å²) in [6.45, 7) is 6.49. The molecule has 0 bridgehead atoms. The Hall–Kier alpha value is -0.870. The van der Waals surface area contributed by atoms with Gasteiger partial charge in [-0.15, -0.1) is 11.3 Å². The molecule has 1 aromatic rings. The van der Waals surface area contributed by atoms with E-state index >= 15 is 0 Å². The summed E-state index contributed by atoms with van der Waals surface area (Å²) in [6.07, 6.45) is 0.769. The molecule has 1 unspecified atom stereocenters. The van der Waals surface area contributed by atoms with Gasteiger partial charge in [0.25, 0.3) is 0 Å². The van der Waals surface area contributed by atoms with Crippen molar-refractivity contribution in [2.45, 2.75) is 26.8 Å². The van der Waals surface area contributed by atoms with Crippen molar-refractivity contribution in [3.8, 4) is 0 Å². The number of likely N-dealkylation sites (tertiary alicyclic amines) is 1. The van der Waals surface area contributed by atoms with E-state index in [-0.39, 0.29) is 5.92 Å². The van der Waals surface area contributed by atoms with Crippen LogP contribution in [0.25, 0.3) is 0 Å². The lowest BCUT2D eigenvalue weighted by atomic mass is 9.76. The topological polar surface area (TPSA) is 40.5 Å². The van der Waals surface area contributed by atoms with Gasteiger partial charge < -0.3 is 5.11 Å². The lowest BCUT2D eigenvalue weighted by Crippen LogP contribution is -2.39. The highest BCUT2D eigenvalue weighted by Crippen LogP contribution is 2.38. The summed E-state index contributed by atoms with van der Waals surface area (Å²) in [5.41, 5.74) is -0.544. The fourth-order valence-corrected chi connectivity index (χ4v) is 3.31. The SMILES string of the molecule is CC(C)C1(C(=O)O)CCN(Cc2cccs2)C1. The van der Waals surface area contributed by atoms with Crippen LogP contribution < -0.4 is 0 Å². The molecular formula is C13H19NO2S. The van der Waals surface area contributed by atoms with Gasteiger partial charge in [-0.05, 0) is 30.3 Å². The lowest BCUT2D eigenvalue weighted by molar-refractivity contribution is -0.151. The van der Waals surface area contributed by atoms with E-state index in [2.05, 4.69) is 16.3 Å². The Bertz CT molecular complexity index is 388. The Morgan fingerprint density at radius 1 is 1.65 bits per heavy atom. The van der Waals surface area contributed by atoms with Gasteiger partial charge in [0.05, 0.1) is 5.41 Å². The summed E-state index contributed by atoms with van der Waals surface area (Å²) in [5, 5.41) is 11.5. The van der Waals surface area contributed by atoms with E-state index in [0.717, 1.165) is 19.5 Å². The average Bonchev–Trinajstić information content (AvgIpc) is 2.87. The van der Waals surface area contributed by atoms with Gasteiger partial charge in [-0.25, -0.2) is 0 Å². The minimum atomic E-state index is -0.638. The predicted octanol–water partition coefficient (Wildman–Crippen LogP) is 2.68. The second-order valence-corrected chi connectivity index (χ2v) is 6.19. The van der Waals surface area contributed by atoms with Gasteiger partial charge in [-0.1, -0.05) is 19.9 Å². The van der Waals surface area contributed by atoms with Gasteiger partial charge in [0.2, 0.25) is 0 Å². The predicted molar refractivity (Wildman–Crippen MR) is 69.1 cm³/mol. The molecule has 4 heteroatoms. The highest BCUT2D eigenvalue weighted by molar-refractivity contribution is 7.09. The highest BCUT2D eigenvalue weighted by atomic mass is 32.1. The maximum absolute atomic E-state index is 11.5. The molecule has 3 nitrogen and oxygen atoms in total. The second-order valence-electron chi connectivity index (χ2n) is 5.16. The van der Waals surface area contributed by atoms with Crippen molar-refractivity contribution in [3.63, 3.8) is 0 Å². The number of aliphatic carboxylic acids is 1. The quantitative estimate of drug-likeness (QED) is 0.897. The molecule has 1 aliphatic heterocycles. The Kier molecular flexibility index (Phi) is 3.54. The molecule has 1 aromatic heterocycles. The molecule has 0 amide bonds. The molecule has 1 N–H and O–H groups in total. The molecule has 2 heterocycles. The zero-order chi connectivity index (χ0) is 12.5. The first-order chi connectivity index (χ1) is 8.04. The molecule has 1 atom stereocenters. The zero-order valence-corrected chi connectivity index (χ0v) is 11.2. The first-order valence-electron chi connectivity index (χ1n) is 6.03. The molecule has 1 saturated heterocycles. The number of nitrogens with zero attached hydrogens (tertiary/aromatic N) is 1. The molecule has 0 aromatic carbocycles. The van der Waals surface area contributed by atoms with Crippen LogP contribution in [0.4, 0.5) is 0 Å². The minimum absolute atomic E-state index is 0.188. The fourth-order valence-electron chi connectivity index (χ4n) is 2.57. The van der Waals surface area contributed by atoms with Crippen LogP contribution in [0.2, 0.25) is 0 Å². The van der Waals surface area contributed by atoms with Crippen molar-refractivity contribution < 1.29 is 9.90 Å². The molecule has 0 radical (unpaired) electrons. The summed E-state index contributed by atoms with van der Waals surface area (Å²) in [5.74, 6) is -0.450. The van der Waals surface area contributed by atoms with E-state index in [4.69, 9.17) is 0 Å². The number of carbonyl (C=O) groups is 1. The summed E-state index contributed by atoms with van der Waals surface area (Å²) in [4.78, 5) is 15.1. The van der Waals surface area contributed by atoms with Crippen LogP contribution in [0.5, 0.6) is 0 Å². The van der Waals surface area contributed by atoms with E-state index in [1.165, 1.54) is 4.88 Å². The van der Waals surface area contributed by atoms with Gasteiger partial charge >= 0.3 is 5.97 Å². The van der Waals surface area contributed by atoms with Crippen molar-refractivity contribution in [2.24, 2.45) is 11.3 Å². The molecule has 0 aliphatic carbocycles. The van der Waals surface area contributed by atoms with Crippen LogP contribution in [-0.4, -0.2) is 29.1 Å². The van der Waals surface area contributed by atoms with Gasteiger partial charge in [0, 0.05) is 18.0 Å². The third-order valence-electron chi connectivity index (χ3n) is 3.87. The number of rotatable bonds is 4. The molecule has 0 spiro atoms. The third-order valence-corrected chi connectivity index (χ3v) is 4.73. The molecule has 2 rings (SSSR count). The van der Waals surface area contributed by atoms with Crippen LogP contribution in [0.3, 0.4) is 0 Å². The summed E-state index contributed by atoms with van der Waals surface area (Å²) in [7, 11) is 0. The molecule has 1 fully saturated rings. The summed E-state index contributed by atoms with van der Waals surface area (Å²) in [6, 6.07) is 4.16. The average molecular weight is 253 g/mol. The van der Waals surface area contributed by atoms with E-state index < -0.39 is 11.4 Å². The standard InChI is InChI=1S/C13H19NO2S/c1-10(2)13(12(15)16)5-6-14(9-13)8-11-4-3-7-17-11/h3-4,7,10H,5-6,8-9H2,1-2H3,(H,15,16). The number of hydrogen-bond acceptors (Lipinski definition) is 3. The van der Waals surface area contributed by atoms with Crippen molar-refractivity contribution in [1.29, 1.82) is 0 Å². The van der Waals surface area contributed by atoms with Gasteiger partial charge in [0.15, 0.2) is 0 Å². The van der Waals surface area contributed by atoms with Crippen molar-refractivity contribution >= 4 is 17.3 Å². The van der Waals surface area contributed by atoms with Crippen LogP contribution >= 0.6 is 11.3 Å². The van der Waals surface area contributed by atoms with E-state index in [0.29, 0.717) is 6.54 Å². The van der Waals surface area contributed by atoms with Crippen molar-refractivity contribution in [2.75, 3.05) is 13.1 Å². The zero-order valence-electron chi connectivity index (χ0n) is 10.3. The Morgan fingerprint density at radius 3 is 2.88 bits per heavy atom. The molecule has 1 aliphatic rings. The van der Waals surface area contributed by atoms with Crippen LogP contribution in [-0.2, 0) is 11.3 Å². The molecule has 0 saturated carbocycles. The molecule has 94 valence electrons. The summed E-state index contributed by atoms with van der Waals surface area (Å²) < 4.78 is 0. The monoisotopic (exact) mass is 253 g/mol. The minimum Gasteiger partial charge on any atom is -0.481 e. The van der Waals surface area contributed by atoms with Gasteiger partial charge in [-0.3, -0.25) is 9.69 Å². The smallest absolute Gasteiger partial charge is 0.311 e. The fraction of sp³-hybridized carbons (Fsp3) is 0.615. The van der Waals surface area contributed by atoms with Crippen LogP contribution in [0.1, 0.15) is 25.1 Å². The maximum Gasteiger partial charge on any atom is 0.311 e. The van der Waals surface area contributed by atoms with E-state index in [1.807, 2.05) is 19.9 Å². The van der Waals surface area contributed by atoms with Gasteiger partial charge in [-0.2, -0.15) is 0 Å². The Balaban J connectivity index is 2.05. The third kappa shape index (κ3) is 2.38. The maximum atomic E-state index is 11.5. The van der Waals surface area contributed by atoms with Crippen LogP contribution in [0, 0.1) is 11.3 Å². The molecular weight excluding hydrogens is 234 g/mol. The van der Waals surface area contributed by atoms with Gasteiger partial charge in [0.1, 0.15) is 0 Å². The second kappa shape index (κ2) is 4.78. The van der Waals surface area contributed by atoms with E-state index in [1.54, 1.807) is 11.3 Å². The highest BCUT2D eigenvalue weighted by Gasteiger charge is 2.47. The van der Waals surface area contributed by atoms with Crippen LogP contribution in [0.15, 0.2) is 17.5 Å². The number of carboxylic acids is 1. The number of carboxylic acid groups (broad SMARTS) is 1. The Morgan fingerprint density at radius 2 is 2.41 bits per heavy atom. The summed E-state index contributed by atoms with van der Waals surface area (Å²) >= 11 is 1.74. The molecule has 17 heavy (non-hydrogen) atoms. The lowest BCUT2D eigenvalue weighted by Gasteiger charge is -2.28. The van der Waals surface area contributed by atoms with Crippen molar-refractivity contribution in [3.05, 3.63) is 22.4 Å². The van der Waals surface area contributed by atoms with Crippen molar-refractivity contribution in [1.82, 2.24) is 4.90 Å². The number of hydrogen-bond donors (Lipinski definition) is 1.